The molecule has 6 nitrogen and oxygen atoms in total. The van der Waals surface area contributed by atoms with Gasteiger partial charge in [0.15, 0.2) is 0 Å². The van der Waals surface area contributed by atoms with E-state index in [1.165, 1.54) is 0 Å². The van der Waals surface area contributed by atoms with Gasteiger partial charge in [-0.25, -0.2) is 0 Å². The van der Waals surface area contributed by atoms with Gasteiger partial charge in [-0.1, -0.05) is 81.4 Å². The van der Waals surface area contributed by atoms with Crippen molar-refractivity contribution in [3.05, 3.63) is 95.6 Å². The predicted octanol–water partition coefficient (Wildman–Crippen LogP) is 5.77. The highest BCUT2D eigenvalue weighted by atomic mass is 16.2. The molecule has 3 aromatic rings. The van der Waals surface area contributed by atoms with Crippen LogP contribution in [0.5, 0.6) is 0 Å². The van der Waals surface area contributed by atoms with E-state index in [1.54, 1.807) is 0 Å². The Hall–Kier alpha value is -3.64. The molecule has 4 rings (SSSR count). The van der Waals surface area contributed by atoms with E-state index in [9.17, 15) is 9.59 Å². The largest absolute Gasteiger partial charge is 0.371 e. The van der Waals surface area contributed by atoms with Crippen molar-refractivity contribution in [2.45, 2.75) is 39.5 Å². The Morgan fingerprint density at radius 3 is 2.05 bits per heavy atom. The molecule has 39 heavy (non-hydrogen) atoms. The molecule has 6 heteroatoms. The van der Waals surface area contributed by atoms with E-state index in [0.29, 0.717) is 23.7 Å². The SMILES string of the molecule is CCN(CC)CCNC(=O)c1cc(NC(=O)C(c2ccccc2)c2ccccc2)ccc1N1CCC(C)CC1. The second-order valence-electron chi connectivity index (χ2n) is 10.4. The van der Waals surface area contributed by atoms with Gasteiger partial charge in [0, 0.05) is 37.6 Å². The first-order chi connectivity index (χ1) is 19.0. The molecule has 0 bridgehead atoms. The summed E-state index contributed by atoms with van der Waals surface area (Å²) in [6.07, 6.45) is 2.22. The molecule has 1 saturated heterocycles. The van der Waals surface area contributed by atoms with Crippen LogP contribution in [0.2, 0.25) is 0 Å². The van der Waals surface area contributed by atoms with E-state index in [1.807, 2.05) is 78.9 Å². The van der Waals surface area contributed by atoms with Gasteiger partial charge >= 0.3 is 0 Å². The van der Waals surface area contributed by atoms with Crippen LogP contribution in [0.15, 0.2) is 78.9 Å². The molecule has 0 aromatic heterocycles. The number of amides is 2. The van der Waals surface area contributed by atoms with Crippen LogP contribution < -0.4 is 15.5 Å². The lowest BCUT2D eigenvalue weighted by Crippen LogP contribution is -2.37. The molecule has 0 atom stereocenters. The number of piperidine rings is 1. The first-order valence-corrected chi connectivity index (χ1v) is 14.3. The van der Waals surface area contributed by atoms with Crippen molar-refractivity contribution < 1.29 is 9.59 Å². The van der Waals surface area contributed by atoms with Crippen molar-refractivity contribution >= 4 is 23.2 Å². The number of carbonyl (C=O) groups excluding carboxylic acids is 2. The summed E-state index contributed by atoms with van der Waals surface area (Å²) in [5.41, 5.74) is 4.02. The smallest absolute Gasteiger partial charge is 0.253 e. The van der Waals surface area contributed by atoms with E-state index in [0.717, 1.165) is 62.4 Å². The third kappa shape index (κ3) is 7.48. The maximum atomic E-state index is 13.7. The molecule has 1 aliphatic rings. The van der Waals surface area contributed by atoms with Crippen LogP contribution in [0, 0.1) is 5.92 Å². The predicted molar refractivity (Wildman–Crippen MR) is 161 cm³/mol. The number of nitrogens with zero attached hydrogens (tertiary/aromatic N) is 2. The molecule has 2 amide bonds. The molecule has 0 radical (unpaired) electrons. The van der Waals surface area contributed by atoms with Gasteiger partial charge in [0.25, 0.3) is 5.91 Å². The lowest BCUT2D eigenvalue weighted by Gasteiger charge is -2.33. The summed E-state index contributed by atoms with van der Waals surface area (Å²) in [5, 5.41) is 6.24. The Balaban J connectivity index is 1.59. The molecule has 3 aromatic carbocycles. The van der Waals surface area contributed by atoms with Gasteiger partial charge in [0.1, 0.15) is 0 Å². The average Bonchev–Trinajstić information content (AvgIpc) is 2.97. The van der Waals surface area contributed by atoms with Crippen LogP contribution in [0.4, 0.5) is 11.4 Å². The second-order valence-corrected chi connectivity index (χ2v) is 10.4. The topological polar surface area (TPSA) is 64.7 Å². The molecule has 1 aliphatic heterocycles. The number of nitrogens with one attached hydrogen (secondary N) is 2. The van der Waals surface area contributed by atoms with Gasteiger partial charge in [-0.3, -0.25) is 9.59 Å². The van der Waals surface area contributed by atoms with Gasteiger partial charge in [0.05, 0.1) is 11.5 Å². The Bertz CT molecular complexity index is 1160. The van der Waals surface area contributed by atoms with Crippen molar-refractivity contribution in [1.82, 2.24) is 10.2 Å². The maximum Gasteiger partial charge on any atom is 0.253 e. The number of hydrogen-bond donors (Lipinski definition) is 2. The van der Waals surface area contributed by atoms with Gasteiger partial charge in [-0.05, 0) is 61.2 Å². The molecule has 0 saturated carbocycles. The van der Waals surface area contributed by atoms with Gasteiger partial charge < -0.3 is 20.4 Å². The second kappa shape index (κ2) is 13.9. The fourth-order valence-electron chi connectivity index (χ4n) is 5.28. The number of rotatable bonds is 11. The minimum atomic E-state index is -0.456. The van der Waals surface area contributed by atoms with Crippen LogP contribution in [-0.2, 0) is 4.79 Å². The van der Waals surface area contributed by atoms with Crippen molar-refractivity contribution in [1.29, 1.82) is 0 Å². The molecular formula is C33H42N4O2. The molecule has 1 heterocycles. The summed E-state index contributed by atoms with van der Waals surface area (Å²) in [4.78, 5) is 31.8. The summed E-state index contributed by atoms with van der Waals surface area (Å²) in [6, 6.07) is 25.4. The number of carbonyl (C=O) groups is 2. The van der Waals surface area contributed by atoms with Crippen molar-refractivity contribution in [3.8, 4) is 0 Å². The minimum Gasteiger partial charge on any atom is -0.371 e. The zero-order valence-corrected chi connectivity index (χ0v) is 23.5. The van der Waals surface area contributed by atoms with Crippen molar-refractivity contribution in [2.24, 2.45) is 5.92 Å². The van der Waals surface area contributed by atoms with Crippen LogP contribution >= 0.6 is 0 Å². The third-order valence-corrected chi connectivity index (χ3v) is 7.77. The zero-order chi connectivity index (χ0) is 27.6. The van der Waals surface area contributed by atoms with E-state index in [4.69, 9.17) is 0 Å². The maximum absolute atomic E-state index is 13.7. The minimum absolute atomic E-state index is 0.102. The van der Waals surface area contributed by atoms with Crippen LogP contribution in [0.3, 0.4) is 0 Å². The van der Waals surface area contributed by atoms with E-state index >= 15 is 0 Å². The highest BCUT2D eigenvalue weighted by Crippen LogP contribution is 2.31. The number of hydrogen-bond acceptors (Lipinski definition) is 4. The highest BCUT2D eigenvalue weighted by Gasteiger charge is 2.25. The molecular weight excluding hydrogens is 484 g/mol. The molecule has 0 unspecified atom stereocenters. The summed E-state index contributed by atoms with van der Waals surface area (Å²) in [7, 11) is 0. The molecule has 206 valence electrons. The van der Waals surface area contributed by atoms with Gasteiger partial charge in [-0.2, -0.15) is 0 Å². The fourth-order valence-corrected chi connectivity index (χ4v) is 5.28. The molecule has 0 spiro atoms. The van der Waals surface area contributed by atoms with Crippen molar-refractivity contribution in [3.63, 3.8) is 0 Å². The summed E-state index contributed by atoms with van der Waals surface area (Å²) < 4.78 is 0. The quantitative estimate of drug-likeness (QED) is 0.333. The summed E-state index contributed by atoms with van der Waals surface area (Å²) in [5.74, 6) is 0.00968. The van der Waals surface area contributed by atoms with E-state index < -0.39 is 5.92 Å². The first kappa shape index (κ1) is 28.4. The van der Waals surface area contributed by atoms with Crippen LogP contribution in [0.25, 0.3) is 0 Å². The van der Waals surface area contributed by atoms with Crippen LogP contribution in [0.1, 0.15) is 61.0 Å². The summed E-state index contributed by atoms with van der Waals surface area (Å²) in [6.45, 7) is 11.7. The third-order valence-electron chi connectivity index (χ3n) is 7.77. The monoisotopic (exact) mass is 526 g/mol. The number of anilines is 2. The molecule has 2 N–H and O–H groups in total. The Kier molecular flexibility index (Phi) is 10.1. The Morgan fingerprint density at radius 1 is 0.897 bits per heavy atom. The Morgan fingerprint density at radius 2 is 1.49 bits per heavy atom. The number of likely N-dealkylation sites (N-methyl/N-ethyl adjacent to an activating group) is 1. The molecule has 0 aliphatic carbocycles. The van der Waals surface area contributed by atoms with Crippen molar-refractivity contribution in [2.75, 3.05) is 49.5 Å². The number of benzene rings is 3. The van der Waals surface area contributed by atoms with E-state index in [2.05, 4.69) is 41.2 Å². The lowest BCUT2D eigenvalue weighted by atomic mass is 9.90. The normalized spacial score (nSPS) is 14.0. The standard InChI is InChI=1S/C33H42N4O2/c1-4-36(5-2)23-20-34-32(38)29-24-28(16-17-30(29)37-21-18-25(3)19-22-37)35-33(39)31(26-12-8-6-9-13-26)27-14-10-7-11-15-27/h6-17,24-25,31H,4-5,18-23H2,1-3H3,(H,34,38)(H,35,39). The first-order valence-electron chi connectivity index (χ1n) is 14.3. The van der Waals surface area contributed by atoms with E-state index in [-0.39, 0.29) is 11.8 Å². The average molecular weight is 527 g/mol. The fraction of sp³-hybridized carbons (Fsp3) is 0.394. The summed E-state index contributed by atoms with van der Waals surface area (Å²) >= 11 is 0. The van der Waals surface area contributed by atoms with Gasteiger partial charge in [-0.15, -0.1) is 0 Å². The zero-order valence-electron chi connectivity index (χ0n) is 23.5. The lowest BCUT2D eigenvalue weighted by molar-refractivity contribution is -0.116. The highest BCUT2D eigenvalue weighted by molar-refractivity contribution is 6.03. The van der Waals surface area contributed by atoms with Gasteiger partial charge in [0.2, 0.25) is 5.91 Å². The molecule has 1 fully saturated rings. The van der Waals surface area contributed by atoms with Crippen LogP contribution in [-0.4, -0.2) is 56.0 Å². The Labute approximate surface area is 233 Å².